The molecule has 1 aliphatic heterocycles. The molecule has 4 atom stereocenters. The lowest BCUT2D eigenvalue weighted by atomic mass is 9.88. The van der Waals surface area contributed by atoms with Crippen LogP contribution in [0.4, 0.5) is 0 Å². The highest BCUT2D eigenvalue weighted by molar-refractivity contribution is 5.97. The Labute approximate surface area is 353 Å². The Morgan fingerprint density at radius 2 is 1.48 bits per heavy atom. The predicted molar refractivity (Wildman–Crippen MR) is 232 cm³/mol. The first-order valence-electron chi connectivity index (χ1n) is 21.1. The number of aromatic hydroxyl groups is 2. The summed E-state index contributed by atoms with van der Waals surface area (Å²) in [5.41, 5.74) is 11.3. The van der Waals surface area contributed by atoms with Gasteiger partial charge >= 0.3 is 0 Å². The normalized spacial score (nSPS) is 17.3. The van der Waals surface area contributed by atoms with Gasteiger partial charge in [-0.2, -0.15) is 0 Å². The van der Waals surface area contributed by atoms with Crippen molar-refractivity contribution in [3.8, 4) is 33.8 Å². The van der Waals surface area contributed by atoms with Crippen LogP contribution in [0.3, 0.4) is 0 Å². The Bertz CT molecular complexity index is 2130. The SMILES string of the molecule is CCCc1ccc(-c2ccc(C(=O)CCCC(=O)C[C@H](CCCCN)C(=O)N(C)[C@@H]3C(=O)C[C@@H](C)C(=O)N[C@H](CO)Cc4ccc(O)c(c4)-c4cc3ccc4O)cc2)cc1. The number of unbranched alkanes of at least 4 members (excludes halogenated alkanes) is 1. The number of carbonyl (C=O) groups excluding carboxylic acids is 5. The summed E-state index contributed by atoms with van der Waals surface area (Å²) in [4.78, 5) is 70.0. The Morgan fingerprint density at radius 3 is 2.13 bits per heavy atom. The second kappa shape index (κ2) is 21.6. The second-order valence-electron chi connectivity index (χ2n) is 16.2. The molecule has 1 heterocycles. The van der Waals surface area contributed by atoms with E-state index in [1.807, 2.05) is 24.3 Å². The number of likely N-dealkylation sites (N-methyl/N-ethyl adjacent to an activating group) is 1. The molecular weight excluding hydrogens is 759 g/mol. The largest absolute Gasteiger partial charge is 0.507 e. The van der Waals surface area contributed by atoms with Gasteiger partial charge in [0.2, 0.25) is 11.8 Å². The molecule has 4 bridgehead atoms. The highest BCUT2D eigenvalue weighted by Crippen LogP contribution is 2.39. The van der Waals surface area contributed by atoms with E-state index < -0.39 is 41.5 Å². The molecule has 4 aromatic rings. The Morgan fingerprint density at radius 1 is 0.833 bits per heavy atom. The van der Waals surface area contributed by atoms with Crippen molar-refractivity contribution in [1.82, 2.24) is 10.2 Å². The first-order chi connectivity index (χ1) is 28.8. The number of phenolic OH excluding ortho intramolecular Hbond substituents is 2. The number of aliphatic hydroxyl groups excluding tert-OH is 1. The maximum absolute atomic E-state index is 14.5. The van der Waals surface area contributed by atoms with Crippen molar-refractivity contribution in [2.45, 2.75) is 96.6 Å². The number of nitrogens with one attached hydrogen (secondary N) is 1. The molecule has 6 N–H and O–H groups in total. The second-order valence-corrected chi connectivity index (χ2v) is 16.2. The number of aryl methyl sites for hydroxylation is 1. The minimum atomic E-state index is -1.20. The van der Waals surface area contributed by atoms with E-state index in [0.29, 0.717) is 48.9 Å². The predicted octanol–water partition coefficient (Wildman–Crippen LogP) is 7.27. The molecule has 0 spiro atoms. The van der Waals surface area contributed by atoms with E-state index in [1.165, 1.54) is 35.7 Å². The van der Waals surface area contributed by atoms with E-state index in [2.05, 4.69) is 36.5 Å². The number of benzene rings is 4. The summed E-state index contributed by atoms with van der Waals surface area (Å²) in [6.07, 6.45) is 4.18. The minimum Gasteiger partial charge on any atom is -0.507 e. The van der Waals surface area contributed by atoms with Crippen LogP contribution >= 0.6 is 0 Å². The molecule has 0 aliphatic carbocycles. The van der Waals surface area contributed by atoms with E-state index >= 15 is 0 Å². The van der Waals surface area contributed by atoms with Crippen LogP contribution in [-0.4, -0.2) is 75.6 Å². The fourth-order valence-electron chi connectivity index (χ4n) is 8.02. The average molecular weight is 818 g/mol. The molecular formula is C49H59N3O8. The molecule has 0 fully saturated rings. The molecule has 0 saturated heterocycles. The van der Waals surface area contributed by atoms with Crippen LogP contribution in [0.25, 0.3) is 22.3 Å². The molecule has 0 saturated carbocycles. The van der Waals surface area contributed by atoms with Gasteiger partial charge < -0.3 is 31.3 Å². The summed E-state index contributed by atoms with van der Waals surface area (Å²) in [6.45, 7) is 3.79. The van der Waals surface area contributed by atoms with Gasteiger partial charge in [-0.1, -0.05) is 87.4 Å². The highest BCUT2D eigenvalue weighted by Gasteiger charge is 2.35. The van der Waals surface area contributed by atoms with E-state index in [1.54, 1.807) is 25.1 Å². The van der Waals surface area contributed by atoms with E-state index in [0.717, 1.165) is 24.0 Å². The van der Waals surface area contributed by atoms with Gasteiger partial charge in [0.15, 0.2) is 11.6 Å². The molecule has 1 aliphatic rings. The number of Topliss-reactive ketones (excluding diaryl/α,β-unsaturated/α-hetero) is 3. The van der Waals surface area contributed by atoms with Crippen molar-refractivity contribution in [3.63, 3.8) is 0 Å². The number of rotatable bonds is 17. The third-order valence-electron chi connectivity index (χ3n) is 11.5. The van der Waals surface area contributed by atoms with Gasteiger partial charge in [0.25, 0.3) is 0 Å². The van der Waals surface area contributed by atoms with Crippen molar-refractivity contribution >= 4 is 29.2 Å². The zero-order valence-electron chi connectivity index (χ0n) is 35.0. The van der Waals surface area contributed by atoms with Gasteiger partial charge in [0.05, 0.1) is 12.6 Å². The van der Waals surface area contributed by atoms with E-state index in [9.17, 15) is 39.3 Å². The topological polar surface area (TPSA) is 187 Å². The Kier molecular flexibility index (Phi) is 16.3. The summed E-state index contributed by atoms with van der Waals surface area (Å²) < 4.78 is 0. The summed E-state index contributed by atoms with van der Waals surface area (Å²) in [5.74, 6) is -3.44. The molecule has 318 valence electrons. The lowest BCUT2D eigenvalue weighted by Gasteiger charge is -2.32. The molecule has 11 heteroatoms. The molecule has 11 nitrogen and oxygen atoms in total. The number of hydrogen-bond acceptors (Lipinski definition) is 9. The van der Waals surface area contributed by atoms with Gasteiger partial charge in [-0.15, -0.1) is 0 Å². The van der Waals surface area contributed by atoms with Crippen LogP contribution in [0, 0.1) is 11.8 Å². The zero-order chi connectivity index (χ0) is 43.3. The van der Waals surface area contributed by atoms with Gasteiger partial charge in [0, 0.05) is 61.3 Å². The van der Waals surface area contributed by atoms with Crippen molar-refractivity contribution in [2.24, 2.45) is 17.6 Å². The molecule has 0 aromatic heterocycles. The number of ketones is 3. The van der Waals surface area contributed by atoms with E-state index in [-0.39, 0.29) is 72.9 Å². The molecule has 0 unspecified atom stereocenters. The maximum atomic E-state index is 14.5. The smallest absolute Gasteiger partial charge is 0.226 e. The highest BCUT2D eigenvalue weighted by atomic mass is 16.3. The standard InChI is InChI=1S/C49H59N3O8/c1-4-8-32-12-15-34(16-13-32)35-17-19-36(20-18-35)43(55)11-7-10-40(54)28-38(9-5-6-24-50)49(60)52(3)47-37-21-23-45(57)42(29-37)41-27-33(14-22-44(41)56)26-39(30-53)51-48(59)31(2)25-46(47)58/h12-23,27,29,31,38-39,47,53,56-57H,4-11,24-26,28,30,50H2,1-3H3,(H,51,59)/t31-,38+,39+,47+/m1/s1. The fraction of sp³-hybridized carbons (Fsp3) is 0.408. The number of fused-ring (bicyclic) bond motifs is 5. The quantitative estimate of drug-likeness (QED) is 0.0540. The maximum Gasteiger partial charge on any atom is 0.226 e. The molecule has 4 aromatic carbocycles. The molecule has 0 radical (unpaired) electrons. The summed E-state index contributed by atoms with van der Waals surface area (Å²) >= 11 is 0. The first-order valence-corrected chi connectivity index (χ1v) is 21.1. The third kappa shape index (κ3) is 11.8. The van der Waals surface area contributed by atoms with Crippen molar-refractivity contribution < 1.29 is 39.3 Å². The van der Waals surface area contributed by atoms with Crippen molar-refractivity contribution in [1.29, 1.82) is 0 Å². The van der Waals surface area contributed by atoms with Crippen LogP contribution in [0.2, 0.25) is 0 Å². The number of aliphatic hydroxyl groups is 1. The third-order valence-corrected chi connectivity index (χ3v) is 11.5. The van der Waals surface area contributed by atoms with Crippen LogP contribution in [-0.2, 0) is 32.0 Å². The number of phenols is 2. The van der Waals surface area contributed by atoms with Gasteiger partial charge in [0.1, 0.15) is 23.3 Å². The number of amides is 2. The minimum absolute atomic E-state index is 0.0709. The van der Waals surface area contributed by atoms with Crippen molar-refractivity contribution in [2.75, 3.05) is 20.2 Å². The van der Waals surface area contributed by atoms with Crippen LogP contribution in [0.5, 0.6) is 11.5 Å². The lowest BCUT2D eigenvalue weighted by Crippen LogP contribution is -2.44. The van der Waals surface area contributed by atoms with E-state index in [4.69, 9.17) is 5.73 Å². The fourth-order valence-corrected chi connectivity index (χ4v) is 8.02. The summed E-state index contributed by atoms with van der Waals surface area (Å²) in [5, 5.41) is 34.8. The van der Waals surface area contributed by atoms with Crippen molar-refractivity contribution in [3.05, 3.63) is 107 Å². The summed E-state index contributed by atoms with van der Waals surface area (Å²) in [7, 11) is 1.50. The molecule has 60 heavy (non-hydrogen) atoms. The monoisotopic (exact) mass is 817 g/mol. The van der Waals surface area contributed by atoms with Crippen LogP contribution in [0.1, 0.15) is 105 Å². The van der Waals surface area contributed by atoms with Gasteiger partial charge in [-0.05, 0) is 90.7 Å². The number of nitrogens with zero attached hydrogens (tertiary/aromatic N) is 1. The number of nitrogens with two attached hydrogens (primary N) is 1. The molecule has 5 rings (SSSR count). The lowest BCUT2D eigenvalue weighted by molar-refractivity contribution is -0.144. The first kappa shape index (κ1) is 45.4. The van der Waals surface area contributed by atoms with Crippen LogP contribution < -0.4 is 11.1 Å². The summed E-state index contributed by atoms with van der Waals surface area (Å²) in [6, 6.07) is 23.3. The Balaban J connectivity index is 1.32. The molecule has 2 amide bonds. The Hall–Kier alpha value is -5.65. The zero-order valence-corrected chi connectivity index (χ0v) is 35.0. The van der Waals surface area contributed by atoms with Gasteiger partial charge in [-0.25, -0.2) is 0 Å². The number of hydrogen-bond donors (Lipinski definition) is 5. The number of carbonyl (C=O) groups is 5. The van der Waals surface area contributed by atoms with Crippen LogP contribution in [0.15, 0.2) is 84.9 Å². The van der Waals surface area contributed by atoms with Gasteiger partial charge in [-0.3, -0.25) is 24.0 Å². The average Bonchev–Trinajstić information content (AvgIpc) is 3.24.